The zero-order valence-corrected chi connectivity index (χ0v) is 17.8. The Kier molecular flexibility index (Phi) is 4.45. The lowest BCUT2D eigenvalue weighted by atomic mass is 9.98. The van der Waals surface area contributed by atoms with Crippen molar-refractivity contribution in [3.8, 4) is 0 Å². The van der Waals surface area contributed by atoms with E-state index in [0.717, 1.165) is 10.6 Å². The maximum absolute atomic E-state index is 13.5. The van der Waals surface area contributed by atoms with Gasteiger partial charge < -0.3 is 4.42 Å². The van der Waals surface area contributed by atoms with Gasteiger partial charge in [-0.2, -0.15) is 0 Å². The highest BCUT2D eigenvalue weighted by Crippen LogP contribution is 2.42. The number of halogens is 1. The van der Waals surface area contributed by atoms with E-state index in [1.165, 1.54) is 16.2 Å². The van der Waals surface area contributed by atoms with Crippen molar-refractivity contribution in [3.63, 3.8) is 0 Å². The first kappa shape index (κ1) is 19.0. The second-order valence-electron chi connectivity index (χ2n) is 7.14. The third-order valence-electron chi connectivity index (χ3n) is 5.15. The largest absolute Gasteiger partial charge is 0.450 e. The number of nitrogens with zero attached hydrogens (tertiary/aromatic N) is 3. The van der Waals surface area contributed by atoms with Gasteiger partial charge in [0.25, 0.3) is 5.91 Å². The molecule has 0 saturated carbocycles. The van der Waals surface area contributed by atoms with Gasteiger partial charge in [0.15, 0.2) is 5.43 Å². The number of carbonyl (C=O) groups excluding carboxylic acids is 1. The van der Waals surface area contributed by atoms with E-state index in [1.54, 1.807) is 30.3 Å². The fraction of sp³-hybridized carbons (Fsp3) is 0.182. The highest BCUT2D eigenvalue weighted by Gasteiger charge is 2.45. The predicted molar refractivity (Wildman–Crippen MR) is 117 cm³/mol. The zero-order valence-electron chi connectivity index (χ0n) is 16.2. The van der Waals surface area contributed by atoms with Gasteiger partial charge in [-0.3, -0.25) is 14.5 Å². The summed E-state index contributed by atoms with van der Waals surface area (Å²) in [6.45, 7) is 3.88. The molecule has 6 nitrogen and oxygen atoms in total. The van der Waals surface area contributed by atoms with Crippen LogP contribution in [0, 0.1) is 6.92 Å². The number of hydrogen-bond donors (Lipinski definition) is 0. The van der Waals surface area contributed by atoms with E-state index in [2.05, 4.69) is 10.2 Å². The topological polar surface area (TPSA) is 76.3 Å². The summed E-state index contributed by atoms with van der Waals surface area (Å²) >= 11 is 7.56. The average Bonchev–Trinajstić information content (AvgIpc) is 3.31. The van der Waals surface area contributed by atoms with Gasteiger partial charge in [0, 0.05) is 5.02 Å². The van der Waals surface area contributed by atoms with Gasteiger partial charge >= 0.3 is 0 Å². The monoisotopic (exact) mass is 437 g/mol. The molecule has 2 aromatic heterocycles. The van der Waals surface area contributed by atoms with E-state index in [-0.39, 0.29) is 11.2 Å². The Morgan fingerprint density at radius 1 is 1.17 bits per heavy atom. The van der Waals surface area contributed by atoms with Gasteiger partial charge in [0.1, 0.15) is 10.6 Å². The second kappa shape index (κ2) is 7.04. The Hall–Kier alpha value is -3.03. The molecule has 1 aliphatic heterocycles. The van der Waals surface area contributed by atoms with Crippen molar-refractivity contribution in [2.45, 2.75) is 26.3 Å². The second-order valence-corrected chi connectivity index (χ2v) is 8.62. The lowest BCUT2D eigenvalue weighted by Crippen LogP contribution is -2.29. The molecule has 0 N–H and O–H groups in total. The number of fused-ring (bicyclic) bond motifs is 2. The third-order valence-corrected chi connectivity index (χ3v) is 6.46. The summed E-state index contributed by atoms with van der Waals surface area (Å²) in [7, 11) is 0. The fourth-order valence-electron chi connectivity index (χ4n) is 3.76. The van der Waals surface area contributed by atoms with Crippen LogP contribution < -0.4 is 10.3 Å². The van der Waals surface area contributed by atoms with Crippen LogP contribution in [0.25, 0.3) is 11.0 Å². The van der Waals surface area contributed by atoms with Crippen molar-refractivity contribution in [3.05, 3.63) is 85.2 Å². The average molecular weight is 438 g/mol. The fourth-order valence-corrected chi connectivity index (χ4v) is 4.76. The summed E-state index contributed by atoms with van der Waals surface area (Å²) in [4.78, 5) is 28.4. The molecule has 1 amide bonds. The minimum atomic E-state index is -0.690. The molecular formula is C22H16ClN3O3S. The van der Waals surface area contributed by atoms with Crippen molar-refractivity contribution in [1.29, 1.82) is 0 Å². The van der Waals surface area contributed by atoms with Gasteiger partial charge in [-0.25, -0.2) is 0 Å². The number of rotatable bonds is 3. The van der Waals surface area contributed by atoms with Crippen molar-refractivity contribution in [2.24, 2.45) is 0 Å². The molecule has 150 valence electrons. The van der Waals surface area contributed by atoms with Gasteiger partial charge in [-0.05, 0) is 43.2 Å². The highest BCUT2D eigenvalue weighted by molar-refractivity contribution is 7.15. The van der Waals surface area contributed by atoms with E-state index in [1.807, 2.05) is 26.0 Å². The zero-order chi connectivity index (χ0) is 21.0. The van der Waals surface area contributed by atoms with E-state index in [0.29, 0.717) is 38.7 Å². The summed E-state index contributed by atoms with van der Waals surface area (Å²) in [5.41, 5.74) is 2.11. The lowest BCUT2D eigenvalue weighted by Gasteiger charge is -2.22. The molecule has 2 aromatic carbocycles. The first-order valence-corrected chi connectivity index (χ1v) is 10.7. The maximum Gasteiger partial charge on any atom is 0.297 e. The van der Waals surface area contributed by atoms with Crippen LogP contribution in [0.15, 0.2) is 51.7 Å². The van der Waals surface area contributed by atoms with Gasteiger partial charge in [0.05, 0.1) is 17.0 Å². The van der Waals surface area contributed by atoms with E-state index >= 15 is 0 Å². The Labute approximate surface area is 180 Å². The lowest BCUT2D eigenvalue weighted by molar-refractivity contribution is 0.0970. The van der Waals surface area contributed by atoms with Crippen molar-refractivity contribution < 1.29 is 9.21 Å². The molecule has 0 fully saturated rings. The number of aromatic nitrogens is 2. The minimum Gasteiger partial charge on any atom is -0.450 e. The predicted octanol–water partition coefficient (Wildman–Crippen LogP) is 4.92. The number of benzene rings is 2. The normalized spacial score (nSPS) is 15.8. The molecule has 5 rings (SSSR count). The molecule has 0 saturated heterocycles. The number of amides is 1. The molecule has 3 heterocycles. The first-order chi connectivity index (χ1) is 14.5. The smallest absolute Gasteiger partial charge is 0.297 e. The molecule has 0 bridgehead atoms. The molecule has 4 aromatic rings. The Bertz CT molecular complexity index is 1380. The van der Waals surface area contributed by atoms with Crippen LogP contribution in [0.3, 0.4) is 0 Å². The molecule has 0 unspecified atom stereocenters. The van der Waals surface area contributed by atoms with E-state index in [9.17, 15) is 9.59 Å². The summed E-state index contributed by atoms with van der Waals surface area (Å²) < 4.78 is 5.95. The molecule has 0 aliphatic carbocycles. The first-order valence-electron chi connectivity index (χ1n) is 9.46. The van der Waals surface area contributed by atoms with Gasteiger partial charge in [-0.1, -0.05) is 53.6 Å². The molecular weight excluding hydrogens is 422 g/mol. The van der Waals surface area contributed by atoms with Gasteiger partial charge in [0.2, 0.25) is 10.9 Å². The number of anilines is 1. The van der Waals surface area contributed by atoms with Crippen LogP contribution in [0.1, 0.15) is 45.2 Å². The quantitative estimate of drug-likeness (QED) is 0.454. The molecule has 8 heteroatoms. The highest BCUT2D eigenvalue weighted by atomic mass is 35.5. The standard InChI is InChI=1S/C22H16ClN3O3S/c1-3-16-24-25-22(30-16)26-18(12-5-4-6-13(23)10-12)17-19(27)14-9-11(2)7-8-15(14)29-20(17)21(26)28/h4-10,18H,3H2,1-2H3/t18-/m0/s1. The van der Waals surface area contributed by atoms with E-state index in [4.69, 9.17) is 16.0 Å². The minimum absolute atomic E-state index is 0.0366. The number of carbonyl (C=O) groups is 1. The maximum atomic E-state index is 13.5. The molecule has 0 spiro atoms. The molecule has 0 radical (unpaired) electrons. The van der Waals surface area contributed by atoms with Crippen LogP contribution >= 0.6 is 22.9 Å². The molecule has 1 aliphatic rings. The van der Waals surface area contributed by atoms with Crippen LogP contribution in [0.2, 0.25) is 5.02 Å². The molecule has 1 atom stereocenters. The number of aryl methyl sites for hydroxylation is 2. The Balaban J connectivity index is 1.82. The Morgan fingerprint density at radius 3 is 2.73 bits per heavy atom. The SMILES string of the molecule is CCc1nnc(N2C(=O)c3oc4ccc(C)cc4c(=O)c3[C@@H]2c2cccc(Cl)c2)s1. The Morgan fingerprint density at radius 2 is 2.00 bits per heavy atom. The van der Waals surface area contributed by atoms with Crippen LogP contribution in [0.4, 0.5) is 5.13 Å². The van der Waals surface area contributed by atoms with Crippen LogP contribution in [0.5, 0.6) is 0 Å². The summed E-state index contributed by atoms with van der Waals surface area (Å²) in [6.07, 6.45) is 0.703. The molecule has 30 heavy (non-hydrogen) atoms. The van der Waals surface area contributed by atoms with Crippen molar-refractivity contribution in [1.82, 2.24) is 10.2 Å². The van der Waals surface area contributed by atoms with Gasteiger partial charge in [-0.15, -0.1) is 10.2 Å². The van der Waals surface area contributed by atoms with Crippen molar-refractivity contribution >= 4 is 44.9 Å². The number of hydrogen-bond acceptors (Lipinski definition) is 6. The van der Waals surface area contributed by atoms with E-state index < -0.39 is 11.9 Å². The third kappa shape index (κ3) is 2.85. The van der Waals surface area contributed by atoms with Crippen LogP contribution in [-0.4, -0.2) is 16.1 Å². The van der Waals surface area contributed by atoms with Crippen LogP contribution in [-0.2, 0) is 6.42 Å². The summed E-state index contributed by atoms with van der Waals surface area (Å²) in [5.74, 6) is -0.372. The summed E-state index contributed by atoms with van der Waals surface area (Å²) in [5, 5.41) is 10.6. The summed E-state index contributed by atoms with van der Waals surface area (Å²) in [6, 6.07) is 11.8. The van der Waals surface area contributed by atoms with Crippen molar-refractivity contribution in [2.75, 3.05) is 4.90 Å².